The van der Waals surface area contributed by atoms with Crippen LogP contribution in [0.5, 0.6) is 11.5 Å². The first-order valence-corrected chi connectivity index (χ1v) is 6.30. The molecule has 0 aromatic heterocycles. The van der Waals surface area contributed by atoms with E-state index in [-0.39, 0.29) is 0 Å². The number of halogens is 1. The third-order valence-corrected chi connectivity index (χ3v) is 2.56. The average molecular weight is 270 g/mol. The summed E-state index contributed by atoms with van der Waals surface area (Å²) in [6.07, 6.45) is 0. The van der Waals surface area contributed by atoms with Gasteiger partial charge in [0.05, 0.1) is 7.11 Å². The first kappa shape index (κ1) is 14.9. The standard InChI is InChI=1S/C14H20ClNO2/c1-5-16-8-11-6-12(15)7-13(17-4)14(11)18-9-10(2)3/h6-7,16H,2,5,8-9H2,1,3-4H3. The molecule has 0 bridgehead atoms. The van der Waals surface area contributed by atoms with Gasteiger partial charge in [-0.05, 0) is 25.1 Å². The number of hydrogen-bond acceptors (Lipinski definition) is 3. The molecule has 0 saturated heterocycles. The lowest BCUT2D eigenvalue weighted by Gasteiger charge is -2.16. The van der Waals surface area contributed by atoms with E-state index in [9.17, 15) is 0 Å². The quantitative estimate of drug-likeness (QED) is 0.770. The van der Waals surface area contributed by atoms with Gasteiger partial charge in [0.15, 0.2) is 11.5 Å². The topological polar surface area (TPSA) is 30.5 Å². The Hall–Kier alpha value is -1.19. The Morgan fingerprint density at radius 1 is 1.44 bits per heavy atom. The molecule has 1 aromatic carbocycles. The van der Waals surface area contributed by atoms with Gasteiger partial charge in [0.2, 0.25) is 0 Å². The molecule has 1 N–H and O–H groups in total. The van der Waals surface area contributed by atoms with Crippen LogP contribution in [0.25, 0.3) is 0 Å². The van der Waals surface area contributed by atoms with E-state index in [1.807, 2.05) is 13.0 Å². The van der Waals surface area contributed by atoms with E-state index in [0.29, 0.717) is 23.9 Å². The van der Waals surface area contributed by atoms with Crippen molar-refractivity contribution in [3.05, 3.63) is 34.9 Å². The lowest BCUT2D eigenvalue weighted by molar-refractivity contribution is 0.315. The highest BCUT2D eigenvalue weighted by molar-refractivity contribution is 6.30. The van der Waals surface area contributed by atoms with Gasteiger partial charge in [0, 0.05) is 23.2 Å². The van der Waals surface area contributed by atoms with Gasteiger partial charge >= 0.3 is 0 Å². The number of hydrogen-bond donors (Lipinski definition) is 1. The summed E-state index contributed by atoms with van der Waals surface area (Å²) in [6, 6.07) is 3.64. The number of nitrogens with one attached hydrogen (secondary N) is 1. The summed E-state index contributed by atoms with van der Waals surface area (Å²) in [5, 5.41) is 3.90. The van der Waals surface area contributed by atoms with Crippen LogP contribution in [0.15, 0.2) is 24.3 Å². The van der Waals surface area contributed by atoms with Crippen molar-refractivity contribution < 1.29 is 9.47 Å². The summed E-state index contributed by atoms with van der Waals surface area (Å²) in [4.78, 5) is 0. The molecule has 18 heavy (non-hydrogen) atoms. The minimum absolute atomic E-state index is 0.469. The van der Waals surface area contributed by atoms with E-state index in [2.05, 4.69) is 18.8 Å². The van der Waals surface area contributed by atoms with E-state index < -0.39 is 0 Å². The average Bonchev–Trinajstić information content (AvgIpc) is 2.33. The Morgan fingerprint density at radius 2 is 2.17 bits per heavy atom. The lowest BCUT2D eigenvalue weighted by Crippen LogP contribution is -2.13. The molecule has 0 aliphatic heterocycles. The molecule has 0 saturated carbocycles. The van der Waals surface area contributed by atoms with Gasteiger partial charge in [-0.3, -0.25) is 0 Å². The van der Waals surface area contributed by atoms with Crippen LogP contribution in [0.3, 0.4) is 0 Å². The molecule has 1 rings (SSSR count). The van der Waals surface area contributed by atoms with E-state index in [4.69, 9.17) is 21.1 Å². The molecule has 100 valence electrons. The van der Waals surface area contributed by atoms with Crippen LogP contribution in [-0.2, 0) is 6.54 Å². The first-order chi connectivity index (χ1) is 8.58. The van der Waals surface area contributed by atoms with Crippen LogP contribution >= 0.6 is 11.6 Å². The van der Waals surface area contributed by atoms with Crippen LogP contribution in [0.4, 0.5) is 0 Å². The van der Waals surface area contributed by atoms with Crippen molar-refractivity contribution in [3.63, 3.8) is 0 Å². The van der Waals surface area contributed by atoms with Crippen molar-refractivity contribution in [2.24, 2.45) is 0 Å². The molecule has 0 aliphatic rings. The van der Waals surface area contributed by atoms with Crippen molar-refractivity contribution in [2.75, 3.05) is 20.3 Å². The highest BCUT2D eigenvalue weighted by Gasteiger charge is 2.12. The van der Waals surface area contributed by atoms with Gasteiger partial charge in [-0.15, -0.1) is 0 Å². The molecule has 0 atom stereocenters. The third kappa shape index (κ3) is 4.24. The Morgan fingerprint density at radius 3 is 2.72 bits per heavy atom. The van der Waals surface area contributed by atoms with E-state index in [0.717, 1.165) is 23.4 Å². The summed E-state index contributed by atoms with van der Waals surface area (Å²) in [5.41, 5.74) is 1.95. The summed E-state index contributed by atoms with van der Waals surface area (Å²) >= 11 is 6.06. The zero-order valence-corrected chi connectivity index (χ0v) is 11.9. The molecular formula is C14H20ClNO2. The first-order valence-electron chi connectivity index (χ1n) is 5.92. The van der Waals surface area contributed by atoms with Gasteiger partial charge in [0.1, 0.15) is 6.61 Å². The van der Waals surface area contributed by atoms with E-state index in [1.165, 1.54) is 0 Å². The Kier molecular flexibility index (Phi) is 6.02. The molecule has 1 aromatic rings. The highest BCUT2D eigenvalue weighted by Crippen LogP contribution is 2.34. The summed E-state index contributed by atoms with van der Waals surface area (Å²) in [7, 11) is 1.61. The van der Waals surface area contributed by atoms with Crippen LogP contribution in [0.2, 0.25) is 5.02 Å². The van der Waals surface area contributed by atoms with Gasteiger partial charge in [-0.2, -0.15) is 0 Å². The lowest BCUT2D eigenvalue weighted by atomic mass is 10.1. The molecule has 0 radical (unpaired) electrons. The predicted octanol–water partition coefficient (Wildman–Crippen LogP) is 3.41. The summed E-state index contributed by atoms with van der Waals surface area (Å²) in [6.45, 7) is 9.85. The Bertz CT molecular complexity index is 419. The molecule has 0 spiro atoms. The predicted molar refractivity (Wildman–Crippen MR) is 75.7 cm³/mol. The molecule has 0 heterocycles. The second kappa shape index (κ2) is 7.29. The molecular weight excluding hydrogens is 250 g/mol. The van der Waals surface area contributed by atoms with E-state index in [1.54, 1.807) is 13.2 Å². The van der Waals surface area contributed by atoms with Crippen LogP contribution in [-0.4, -0.2) is 20.3 Å². The maximum absolute atomic E-state index is 6.06. The van der Waals surface area contributed by atoms with E-state index >= 15 is 0 Å². The second-order valence-corrected chi connectivity index (χ2v) is 4.56. The summed E-state index contributed by atoms with van der Waals surface area (Å²) < 4.78 is 11.1. The molecule has 3 nitrogen and oxygen atoms in total. The zero-order valence-electron chi connectivity index (χ0n) is 11.2. The fourth-order valence-electron chi connectivity index (χ4n) is 1.52. The molecule has 0 fully saturated rings. The van der Waals surface area contributed by atoms with Gasteiger partial charge in [-0.1, -0.05) is 25.1 Å². The Labute approximate surface area is 114 Å². The van der Waals surface area contributed by atoms with Crippen molar-refractivity contribution in [3.8, 4) is 11.5 Å². The largest absolute Gasteiger partial charge is 0.493 e. The van der Waals surface area contributed by atoms with Crippen LogP contribution in [0.1, 0.15) is 19.4 Å². The minimum Gasteiger partial charge on any atom is -0.493 e. The minimum atomic E-state index is 0.469. The number of benzene rings is 1. The molecule has 0 aliphatic carbocycles. The third-order valence-electron chi connectivity index (χ3n) is 2.34. The zero-order chi connectivity index (χ0) is 13.5. The van der Waals surface area contributed by atoms with Crippen molar-refractivity contribution >= 4 is 11.6 Å². The monoisotopic (exact) mass is 269 g/mol. The molecule has 0 unspecified atom stereocenters. The molecule has 4 heteroatoms. The SMILES string of the molecule is C=C(C)COc1c(CNCC)cc(Cl)cc1OC. The second-order valence-electron chi connectivity index (χ2n) is 4.12. The van der Waals surface area contributed by atoms with Gasteiger partial charge in [-0.25, -0.2) is 0 Å². The van der Waals surface area contributed by atoms with Gasteiger partial charge < -0.3 is 14.8 Å². The fourth-order valence-corrected chi connectivity index (χ4v) is 1.76. The van der Waals surface area contributed by atoms with Crippen molar-refractivity contribution in [1.82, 2.24) is 5.32 Å². The van der Waals surface area contributed by atoms with Crippen molar-refractivity contribution in [2.45, 2.75) is 20.4 Å². The summed E-state index contributed by atoms with van der Waals surface area (Å²) in [5.74, 6) is 1.38. The number of methoxy groups -OCH3 is 1. The molecule has 0 amide bonds. The normalized spacial score (nSPS) is 10.2. The van der Waals surface area contributed by atoms with Crippen molar-refractivity contribution in [1.29, 1.82) is 0 Å². The number of ether oxygens (including phenoxy) is 2. The maximum atomic E-state index is 6.06. The smallest absolute Gasteiger partial charge is 0.166 e. The Balaban J connectivity index is 3.02. The number of rotatable bonds is 7. The fraction of sp³-hybridized carbons (Fsp3) is 0.429. The van der Waals surface area contributed by atoms with Gasteiger partial charge in [0.25, 0.3) is 0 Å². The van der Waals surface area contributed by atoms with Crippen LogP contribution in [0, 0.1) is 0 Å². The van der Waals surface area contributed by atoms with Crippen LogP contribution < -0.4 is 14.8 Å². The highest BCUT2D eigenvalue weighted by atomic mass is 35.5. The maximum Gasteiger partial charge on any atom is 0.166 e.